The second kappa shape index (κ2) is 6.38. The van der Waals surface area contributed by atoms with Crippen LogP contribution >= 0.6 is 0 Å². The predicted octanol–water partition coefficient (Wildman–Crippen LogP) is 2.90. The molecule has 1 aliphatic rings. The van der Waals surface area contributed by atoms with Gasteiger partial charge >= 0.3 is 6.09 Å². The molecule has 5 heteroatoms. The zero-order valence-electron chi connectivity index (χ0n) is 13.5. The van der Waals surface area contributed by atoms with Crippen molar-refractivity contribution in [2.45, 2.75) is 45.1 Å². The summed E-state index contributed by atoms with van der Waals surface area (Å²) < 4.78 is 5.40. The largest absolute Gasteiger partial charge is 0.444 e. The number of hydrogen-bond donors (Lipinski definition) is 1. The van der Waals surface area contributed by atoms with Gasteiger partial charge in [0.15, 0.2) is 0 Å². The van der Waals surface area contributed by atoms with E-state index in [-0.39, 0.29) is 6.09 Å². The Morgan fingerprint density at radius 2 is 1.68 bits per heavy atom. The molecule has 5 nitrogen and oxygen atoms in total. The molecule has 0 unspecified atom stereocenters. The van der Waals surface area contributed by atoms with Crippen LogP contribution in [0.2, 0.25) is 0 Å². The number of carbonyl (C=O) groups is 2. The Morgan fingerprint density at radius 3 is 2.14 bits per heavy atom. The van der Waals surface area contributed by atoms with Gasteiger partial charge in [0.2, 0.25) is 5.91 Å². The molecule has 0 bridgehead atoms. The van der Waals surface area contributed by atoms with Gasteiger partial charge in [0, 0.05) is 18.7 Å². The molecule has 2 amide bonds. The first-order valence-electron chi connectivity index (χ1n) is 7.64. The molecule has 1 fully saturated rings. The number of primary amides is 1. The summed E-state index contributed by atoms with van der Waals surface area (Å²) >= 11 is 0. The third-order valence-corrected chi connectivity index (χ3v) is 3.81. The Kier molecular flexibility index (Phi) is 4.74. The van der Waals surface area contributed by atoms with E-state index < -0.39 is 11.5 Å². The van der Waals surface area contributed by atoms with Gasteiger partial charge in [-0.15, -0.1) is 0 Å². The number of carbonyl (C=O) groups excluding carboxylic acids is 2. The summed E-state index contributed by atoms with van der Waals surface area (Å²) in [5.74, 6) is -0.00749. The molecule has 0 aliphatic carbocycles. The van der Waals surface area contributed by atoms with E-state index in [4.69, 9.17) is 10.5 Å². The molecule has 0 radical (unpaired) electrons. The van der Waals surface area contributed by atoms with Crippen molar-refractivity contribution >= 4 is 12.0 Å². The van der Waals surface area contributed by atoms with Crippen LogP contribution in [0.3, 0.4) is 0 Å². The van der Waals surface area contributed by atoms with Gasteiger partial charge in [-0.3, -0.25) is 4.79 Å². The van der Waals surface area contributed by atoms with Crippen molar-refractivity contribution in [3.63, 3.8) is 0 Å². The van der Waals surface area contributed by atoms with Crippen LogP contribution in [0, 0.1) is 0 Å². The van der Waals surface area contributed by atoms with Crippen LogP contribution in [0.25, 0.3) is 0 Å². The third-order valence-electron chi connectivity index (χ3n) is 3.81. The molecule has 1 heterocycles. The topological polar surface area (TPSA) is 72.6 Å². The first kappa shape index (κ1) is 16.3. The molecule has 22 heavy (non-hydrogen) atoms. The highest BCUT2D eigenvalue weighted by atomic mass is 16.6. The smallest absolute Gasteiger partial charge is 0.410 e. The molecule has 1 aromatic rings. The van der Waals surface area contributed by atoms with E-state index >= 15 is 0 Å². The number of likely N-dealkylation sites (tertiary alicyclic amines) is 1. The average Bonchev–Trinajstić information content (AvgIpc) is 2.46. The predicted molar refractivity (Wildman–Crippen MR) is 84.7 cm³/mol. The summed E-state index contributed by atoms with van der Waals surface area (Å²) in [5, 5.41) is 0. The number of rotatable bonds is 2. The minimum absolute atomic E-state index is 0.241. The fourth-order valence-corrected chi connectivity index (χ4v) is 2.64. The summed E-state index contributed by atoms with van der Waals surface area (Å²) in [7, 11) is 0. The summed E-state index contributed by atoms with van der Waals surface area (Å²) in [6.45, 7) is 7.00. The second-order valence-corrected chi connectivity index (χ2v) is 6.73. The van der Waals surface area contributed by atoms with E-state index in [1.165, 1.54) is 5.56 Å². The van der Waals surface area contributed by atoms with Gasteiger partial charge in [-0.2, -0.15) is 0 Å². The lowest BCUT2D eigenvalue weighted by molar-refractivity contribution is 0.0204. The van der Waals surface area contributed by atoms with E-state index in [0.717, 1.165) is 12.8 Å². The highest BCUT2D eigenvalue weighted by molar-refractivity contribution is 5.92. The van der Waals surface area contributed by atoms with Crippen molar-refractivity contribution < 1.29 is 14.3 Å². The molecule has 0 aromatic heterocycles. The Labute approximate surface area is 131 Å². The van der Waals surface area contributed by atoms with Gasteiger partial charge in [-0.05, 0) is 57.2 Å². The Balaban J connectivity index is 1.91. The lowest BCUT2D eigenvalue weighted by atomic mass is 9.89. The molecule has 2 rings (SSSR count). The van der Waals surface area contributed by atoms with Gasteiger partial charge in [0.05, 0.1) is 0 Å². The van der Waals surface area contributed by atoms with E-state index in [9.17, 15) is 9.59 Å². The van der Waals surface area contributed by atoms with Gasteiger partial charge in [0.25, 0.3) is 0 Å². The maximum Gasteiger partial charge on any atom is 0.410 e. The molecule has 120 valence electrons. The highest BCUT2D eigenvalue weighted by Gasteiger charge is 2.27. The number of hydrogen-bond acceptors (Lipinski definition) is 3. The minimum atomic E-state index is -0.460. The van der Waals surface area contributed by atoms with E-state index in [1.54, 1.807) is 17.0 Å². The van der Waals surface area contributed by atoms with Gasteiger partial charge < -0.3 is 15.4 Å². The van der Waals surface area contributed by atoms with Crippen molar-refractivity contribution in [1.82, 2.24) is 4.90 Å². The number of nitrogens with zero attached hydrogens (tertiary/aromatic N) is 1. The Bertz CT molecular complexity index is 538. The van der Waals surface area contributed by atoms with Crippen LogP contribution in [-0.2, 0) is 4.74 Å². The summed E-state index contributed by atoms with van der Waals surface area (Å²) in [5.41, 5.74) is 6.50. The van der Waals surface area contributed by atoms with Crippen LogP contribution in [0.1, 0.15) is 55.5 Å². The van der Waals surface area contributed by atoms with Gasteiger partial charge in [-0.1, -0.05) is 12.1 Å². The van der Waals surface area contributed by atoms with Crippen molar-refractivity contribution in [2.75, 3.05) is 13.1 Å². The van der Waals surface area contributed by atoms with Gasteiger partial charge in [-0.25, -0.2) is 4.79 Å². The fraction of sp³-hybridized carbons (Fsp3) is 0.529. The van der Waals surface area contributed by atoms with E-state index in [1.807, 2.05) is 32.9 Å². The number of ether oxygens (including phenoxy) is 1. The summed E-state index contributed by atoms with van der Waals surface area (Å²) in [6.07, 6.45) is 1.56. The first-order chi connectivity index (χ1) is 10.3. The average molecular weight is 304 g/mol. The van der Waals surface area contributed by atoms with Crippen LogP contribution in [0.5, 0.6) is 0 Å². The van der Waals surface area contributed by atoms with E-state index in [2.05, 4.69) is 0 Å². The zero-order chi connectivity index (χ0) is 16.3. The highest BCUT2D eigenvalue weighted by Crippen LogP contribution is 2.28. The molecule has 0 saturated carbocycles. The quantitative estimate of drug-likeness (QED) is 0.913. The molecule has 0 spiro atoms. The van der Waals surface area contributed by atoms with Crippen molar-refractivity contribution in [1.29, 1.82) is 0 Å². The maximum atomic E-state index is 12.0. The maximum absolute atomic E-state index is 12.0. The molecule has 1 aliphatic heterocycles. The molecule has 1 saturated heterocycles. The van der Waals surface area contributed by atoms with Crippen LogP contribution in [0.4, 0.5) is 4.79 Å². The number of benzene rings is 1. The Morgan fingerprint density at radius 1 is 1.14 bits per heavy atom. The lowest BCUT2D eigenvalue weighted by Crippen LogP contribution is -2.41. The van der Waals surface area contributed by atoms with E-state index in [0.29, 0.717) is 24.6 Å². The van der Waals surface area contributed by atoms with Crippen molar-refractivity contribution in [3.8, 4) is 0 Å². The standard InChI is InChI=1S/C17H24N2O3/c1-17(2,3)22-16(21)19-10-8-13(9-11-19)12-4-6-14(7-5-12)15(18)20/h4-7,13H,8-11H2,1-3H3,(H2,18,20). The van der Waals surface area contributed by atoms with Crippen LogP contribution in [0.15, 0.2) is 24.3 Å². The number of nitrogens with two attached hydrogens (primary N) is 1. The summed E-state index contributed by atoms with van der Waals surface area (Å²) in [6, 6.07) is 7.43. The molecule has 1 aromatic carbocycles. The fourth-order valence-electron chi connectivity index (χ4n) is 2.64. The van der Waals surface area contributed by atoms with Crippen molar-refractivity contribution in [3.05, 3.63) is 35.4 Å². The molecule has 0 atom stereocenters. The number of amides is 2. The second-order valence-electron chi connectivity index (χ2n) is 6.73. The van der Waals surface area contributed by atoms with Gasteiger partial charge in [0.1, 0.15) is 5.60 Å². The molecular weight excluding hydrogens is 280 g/mol. The summed E-state index contributed by atoms with van der Waals surface area (Å²) in [4.78, 5) is 24.9. The van der Waals surface area contributed by atoms with Crippen LogP contribution < -0.4 is 5.73 Å². The Hall–Kier alpha value is -2.04. The SMILES string of the molecule is CC(C)(C)OC(=O)N1CCC(c2ccc(C(N)=O)cc2)CC1. The molecule has 2 N–H and O–H groups in total. The number of piperidine rings is 1. The third kappa shape index (κ3) is 4.23. The van der Waals surface area contributed by atoms with Crippen LogP contribution in [-0.4, -0.2) is 35.6 Å². The monoisotopic (exact) mass is 304 g/mol. The minimum Gasteiger partial charge on any atom is -0.444 e. The van der Waals surface area contributed by atoms with Crippen molar-refractivity contribution in [2.24, 2.45) is 5.73 Å². The normalized spacial score (nSPS) is 16.4. The zero-order valence-corrected chi connectivity index (χ0v) is 13.5. The first-order valence-corrected chi connectivity index (χ1v) is 7.64. The lowest BCUT2D eigenvalue weighted by Gasteiger charge is -2.33. The molecular formula is C17H24N2O3.